The van der Waals surface area contributed by atoms with Gasteiger partial charge < -0.3 is 25.2 Å². The Morgan fingerprint density at radius 1 is 0.976 bits per heavy atom. The fourth-order valence-corrected chi connectivity index (χ4v) is 6.86. The van der Waals surface area contributed by atoms with E-state index >= 15 is 0 Å². The number of carbonyl (C=O) groups is 2. The molecule has 7 nitrogen and oxygen atoms in total. The summed E-state index contributed by atoms with van der Waals surface area (Å²) in [5.74, 6) is 0.430. The second-order valence-electron chi connectivity index (χ2n) is 12.0. The molecule has 3 N–H and O–H groups in total. The lowest BCUT2D eigenvalue weighted by Crippen LogP contribution is -2.58. The van der Waals surface area contributed by atoms with E-state index in [1.807, 2.05) is 29.2 Å². The predicted molar refractivity (Wildman–Crippen MR) is 176 cm³/mol. The third kappa shape index (κ3) is 11.1. The van der Waals surface area contributed by atoms with Crippen LogP contribution in [0.15, 0.2) is 35.9 Å². The van der Waals surface area contributed by atoms with E-state index in [1.54, 1.807) is 6.08 Å². The maximum absolute atomic E-state index is 14.0. The first-order valence-electron chi connectivity index (χ1n) is 16.5. The fraction of sp³-hybridized carbons (Fsp3) is 0.706. The van der Waals surface area contributed by atoms with E-state index in [0.717, 1.165) is 61.4 Å². The lowest BCUT2D eigenvalue weighted by Gasteiger charge is -2.44. The van der Waals surface area contributed by atoms with E-state index in [9.17, 15) is 19.8 Å². The van der Waals surface area contributed by atoms with Crippen molar-refractivity contribution in [2.75, 3.05) is 13.2 Å². The van der Waals surface area contributed by atoms with Gasteiger partial charge in [-0.3, -0.25) is 9.59 Å². The molecule has 0 spiro atoms. The number of nitrogens with one attached hydrogen (secondary N) is 1. The summed E-state index contributed by atoms with van der Waals surface area (Å²) in [4.78, 5) is 29.1. The number of carbonyl (C=O) groups excluding carboxylic acids is 2. The van der Waals surface area contributed by atoms with Gasteiger partial charge in [-0.15, -0.1) is 0 Å². The third-order valence-electron chi connectivity index (χ3n) is 8.67. The van der Waals surface area contributed by atoms with Gasteiger partial charge in [0.15, 0.2) is 0 Å². The minimum atomic E-state index is -0.967. The summed E-state index contributed by atoms with van der Waals surface area (Å²) in [5.41, 5.74) is 0.490. The molecule has 2 aliphatic carbocycles. The molecule has 1 fully saturated rings. The van der Waals surface area contributed by atoms with E-state index < -0.39 is 18.2 Å². The number of unbranched alkanes of at least 4 members (excludes halogenated alkanes) is 8. The molecule has 0 aliphatic heterocycles. The van der Waals surface area contributed by atoms with Crippen LogP contribution in [0.2, 0.25) is 0 Å². The summed E-state index contributed by atoms with van der Waals surface area (Å²) < 4.78 is 7.22. The van der Waals surface area contributed by atoms with E-state index in [4.69, 9.17) is 4.74 Å². The van der Waals surface area contributed by atoms with Crippen LogP contribution in [0.5, 0.6) is 5.75 Å². The maximum atomic E-state index is 14.0. The average Bonchev–Trinajstić information content (AvgIpc) is 3.27. The van der Waals surface area contributed by atoms with Crippen molar-refractivity contribution in [3.05, 3.63) is 39.5 Å². The van der Waals surface area contributed by atoms with Gasteiger partial charge in [-0.2, -0.15) is 0 Å². The largest absolute Gasteiger partial charge is 0.482 e. The monoisotopic (exact) mass is 696 g/mol. The molecule has 236 valence electrons. The molecule has 42 heavy (non-hydrogen) atoms. The van der Waals surface area contributed by atoms with Crippen molar-refractivity contribution in [2.24, 2.45) is 0 Å². The van der Waals surface area contributed by atoms with Crippen LogP contribution in [0.1, 0.15) is 116 Å². The Balaban J connectivity index is 1.77. The van der Waals surface area contributed by atoms with Gasteiger partial charge in [0, 0.05) is 31.0 Å². The molecule has 1 aromatic carbocycles. The molecule has 3 unspecified atom stereocenters. The van der Waals surface area contributed by atoms with Crippen LogP contribution in [-0.4, -0.2) is 64.4 Å². The summed E-state index contributed by atoms with van der Waals surface area (Å²) in [6.07, 6.45) is 17.7. The van der Waals surface area contributed by atoms with Crippen LogP contribution in [0.25, 0.3) is 0 Å². The number of rotatable bonds is 17. The molecule has 3 rings (SSSR count). The zero-order chi connectivity index (χ0) is 30.2. The average molecular weight is 697 g/mol. The third-order valence-corrected chi connectivity index (χ3v) is 9.56. The van der Waals surface area contributed by atoms with Gasteiger partial charge in [-0.1, -0.05) is 96.1 Å². The van der Waals surface area contributed by atoms with E-state index in [-0.39, 0.29) is 37.4 Å². The highest BCUT2D eigenvalue weighted by Crippen LogP contribution is 2.33. The Hall–Kier alpha value is -1.65. The summed E-state index contributed by atoms with van der Waals surface area (Å²) in [6.45, 7) is 2.23. The Kier molecular flexibility index (Phi) is 16.2. The van der Waals surface area contributed by atoms with Gasteiger partial charge in [-0.25, -0.2) is 0 Å². The number of ether oxygens (including phenoxy) is 1. The molecule has 0 aromatic heterocycles. The molecule has 2 amide bonds. The quantitative estimate of drug-likeness (QED) is 0.0960. The number of aliphatic hydroxyl groups is 2. The number of hydrogen-bond acceptors (Lipinski definition) is 5. The van der Waals surface area contributed by atoms with Crippen molar-refractivity contribution in [3.8, 4) is 5.75 Å². The number of halogens is 1. The lowest BCUT2D eigenvalue weighted by atomic mass is 9.86. The molecular weight excluding hydrogens is 643 g/mol. The van der Waals surface area contributed by atoms with Crippen LogP contribution < -0.4 is 10.1 Å². The molecule has 0 bridgehead atoms. The van der Waals surface area contributed by atoms with Crippen molar-refractivity contribution >= 4 is 34.4 Å². The first-order chi connectivity index (χ1) is 20.5. The Morgan fingerprint density at radius 2 is 1.62 bits per heavy atom. The van der Waals surface area contributed by atoms with E-state index in [2.05, 4.69) is 34.8 Å². The van der Waals surface area contributed by atoms with Gasteiger partial charge in [0.05, 0.1) is 16.2 Å². The predicted octanol–water partition coefficient (Wildman–Crippen LogP) is 6.68. The Morgan fingerprint density at radius 3 is 2.26 bits per heavy atom. The number of aliphatic hydroxyl groups excluding tert-OH is 2. The highest BCUT2D eigenvalue weighted by Gasteiger charge is 2.42. The molecule has 1 aromatic rings. The normalized spacial score (nSPS) is 21.3. The van der Waals surface area contributed by atoms with Gasteiger partial charge in [-0.05, 0) is 60.1 Å². The molecule has 8 heteroatoms. The first-order valence-corrected chi connectivity index (χ1v) is 17.5. The number of hydrogen-bond donors (Lipinski definition) is 3. The van der Waals surface area contributed by atoms with Crippen LogP contribution in [0, 0.1) is 3.57 Å². The minimum absolute atomic E-state index is 0.0515. The summed E-state index contributed by atoms with van der Waals surface area (Å²) in [5, 5.41) is 23.8. The van der Waals surface area contributed by atoms with Crippen LogP contribution in [0.3, 0.4) is 0 Å². The van der Waals surface area contributed by atoms with Gasteiger partial charge in [0.1, 0.15) is 18.0 Å². The number of benzene rings is 1. The van der Waals surface area contributed by atoms with Crippen molar-refractivity contribution in [1.82, 2.24) is 10.2 Å². The molecule has 0 radical (unpaired) electrons. The summed E-state index contributed by atoms with van der Waals surface area (Å²) in [6, 6.07) is 7.11. The molecule has 1 saturated carbocycles. The van der Waals surface area contributed by atoms with Crippen molar-refractivity contribution < 1.29 is 24.5 Å². The Bertz CT molecular complexity index is 978. The second kappa shape index (κ2) is 19.6. The number of amides is 2. The van der Waals surface area contributed by atoms with E-state index in [1.165, 1.54) is 38.5 Å². The molecule has 3 atom stereocenters. The molecule has 0 heterocycles. The topological polar surface area (TPSA) is 99.1 Å². The molecule has 0 saturated heterocycles. The minimum Gasteiger partial charge on any atom is -0.482 e. The highest BCUT2D eigenvalue weighted by atomic mass is 127. The number of nitrogens with zero attached hydrogens (tertiary/aromatic N) is 1. The maximum Gasteiger partial charge on any atom is 0.247 e. The molecule has 2 aliphatic rings. The Labute approximate surface area is 267 Å². The van der Waals surface area contributed by atoms with Crippen molar-refractivity contribution in [3.63, 3.8) is 0 Å². The lowest BCUT2D eigenvalue weighted by molar-refractivity contribution is -0.142. The fourth-order valence-electron chi connectivity index (χ4n) is 6.35. The SMILES string of the molecule is CCCCCCCCCCCC(=O)N(C1CCCCCC1)C1CC(C(=O)NCCO)=CC(Oc2ccccc2I)C1O. The summed E-state index contributed by atoms with van der Waals surface area (Å²) >= 11 is 2.20. The van der Waals surface area contributed by atoms with Gasteiger partial charge >= 0.3 is 0 Å². The summed E-state index contributed by atoms with van der Waals surface area (Å²) in [7, 11) is 0. The van der Waals surface area contributed by atoms with Gasteiger partial charge in [0.25, 0.3) is 0 Å². The van der Waals surface area contributed by atoms with E-state index in [0.29, 0.717) is 17.7 Å². The zero-order valence-electron chi connectivity index (χ0n) is 25.6. The van der Waals surface area contributed by atoms with Crippen molar-refractivity contribution in [2.45, 2.75) is 140 Å². The highest BCUT2D eigenvalue weighted by molar-refractivity contribution is 14.1. The first kappa shape index (κ1) is 34.8. The van der Waals surface area contributed by atoms with Crippen molar-refractivity contribution in [1.29, 1.82) is 0 Å². The standard InChI is InChI=1S/C34H53IN2O5/c1-2-3-4-5-6-7-8-9-14-21-32(39)37(27-17-12-10-11-13-18-27)29-24-26(34(41)36-22-23-38)25-31(33(29)40)42-30-20-16-15-19-28(30)35/h15-16,19-20,25,27,29,31,33,38,40H,2-14,17-18,21-24H2,1H3,(H,36,41). The van der Waals surface area contributed by atoms with Crippen LogP contribution in [-0.2, 0) is 9.59 Å². The molecular formula is C34H53IN2O5. The van der Waals surface area contributed by atoms with Crippen LogP contribution in [0.4, 0.5) is 0 Å². The van der Waals surface area contributed by atoms with Gasteiger partial charge in [0.2, 0.25) is 11.8 Å². The number of para-hydroxylation sites is 1. The second-order valence-corrected chi connectivity index (χ2v) is 13.1. The smallest absolute Gasteiger partial charge is 0.247 e. The van der Waals surface area contributed by atoms with Crippen LogP contribution >= 0.6 is 22.6 Å². The zero-order valence-corrected chi connectivity index (χ0v) is 27.7.